The molecule has 0 saturated carbocycles. The van der Waals surface area contributed by atoms with Crippen molar-refractivity contribution in [3.8, 4) is 0 Å². The molecular weight excluding hydrogens is 472 g/mol. The van der Waals surface area contributed by atoms with Crippen molar-refractivity contribution in [2.24, 2.45) is 4.99 Å². The molecule has 0 spiro atoms. The summed E-state index contributed by atoms with van der Waals surface area (Å²) < 4.78 is 23.6. The van der Waals surface area contributed by atoms with Crippen LogP contribution in [0.1, 0.15) is 25.8 Å². The van der Waals surface area contributed by atoms with Crippen LogP contribution in [0, 0.1) is 5.82 Å². The van der Waals surface area contributed by atoms with E-state index in [1.807, 2.05) is 0 Å². The van der Waals surface area contributed by atoms with Crippen LogP contribution in [0.15, 0.2) is 23.2 Å². The second-order valence-corrected chi connectivity index (χ2v) is 6.73. The molecule has 150 valence electrons. The molecule has 0 unspecified atom stereocenters. The van der Waals surface area contributed by atoms with Gasteiger partial charge in [-0.2, -0.15) is 0 Å². The van der Waals surface area contributed by atoms with Crippen molar-refractivity contribution in [3.63, 3.8) is 0 Å². The maximum Gasteiger partial charge on any atom is 0.191 e. The molecule has 0 aliphatic heterocycles. The van der Waals surface area contributed by atoms with Crippen LogP contribution in [0.4, 0.5) is 4.39 Å². The highest BCUT2D eigenvalue weighted by atomic mass is 127. The molecule has 26 heavy (non-hydrogen) atoms. The molecule has 1 aromatic rings. The number of halogens is 3. The molecule has 2 N–H and O–H groups in total. The fraction of sp³-hybridized carbons (Fsp3) is 0.611. The van der Waals surface area contributed by atoms with E-state index in [9.17, 15) is 4.39 Å². The molecule has 5 nitrogen and oxygen atoms in total. The van der Waals surface area contributed by atoms with Gasteiger partial charge in [-0.1, -0.05) is 31.5 Å². The van der Waals surface area contributed by atoms with Gasteiger partial charge in [0, 0.05) is 44.3 Å². The third-order valence-electron chi connectivity index (χ3n) is 3.77. The molecule has 8 heteroatoms. The first kappa shape index (κ1) is 25.4. The van der Waals surface area contributed by atoms with Gasteiger partial charge in [-0.15, -0.1) is 24.0 Å². The standard InChI is InChI=1S/C18H29ClFN3O2.HI/c1-18(2,15-7-6-14(20)12-16(15)19)13-23-17(21-3)22-8-5-9-25-11-10-24-4;/h6-7,12H,5,8-11,13H2,1-4H3,(H2,21,22,23);1H. The van der Waals surface area contributed by atoms with Crippen molar-refractivity contribution < 1.29 is 13.9 Å². The van der Waals surface area contributed by atoms with Crippen molar-refractivity contribution >= 4 is 41.5 Å². The van der Waals surface area contributed by atoms with Crippen LogP contribution < -0.4 is 10.6 Å². The van der Waals surface area contributed by atoms with Crippen molar-refractivity contribution in [2.45, 2.75) is 25.7 Å². The summed E-state index contributed by atoms with van der Waals surface area (Å²) in [5.74, 6) is 0.380. The molecule has 0 aliphatic carbocycles. The number of hydrogen-bond donors (Lipinski definition) is 2. The molecule has 1 aromatic carbocycles. The summed E-state index contributed by atoms with van der Waals surface area (Å²) in [6.07, 6.45) is 0.873. The molecule has 0 radical (unpaired) electrons. The van der Waals surface area contributed by atoms with Gasteiger partial charge in [0.25, 0.3) is 0 Å². The molecule has 0 aromatic heterocycles. The Kier molecular flexibility index (Phi) is 13.2. The summed E-state index contributed by atoms with van der Waals surface area (Å²) in [6, 6.07) is 4.50. The first-order valence-electron chi connectivity index (χ1n) is 8.37. The lowest BCUT2D eigenvalue weighted by atomic mass is 9.84. The van der Waals surface area contributed by atoms with Crippen LogP contribution in [-0.2, 0) is 14.9 Å². The lowest BCUT2D eigenvalue weighted by molar-refractivity contribution is 0.0698. The van der Waals surface area contributed by atoms with E-state index in [2.05, 4.69) is 29.5 Å². The Bertz CT molecular complexity index is 559. The van der Waals surface area contributed by atoms with E-state index < -0.39 is 0 Å². The van der Waals surface area contributed by atoms with E-state index in [-0.39, 0.29) is 35.2 Å². The first-order valence-corrected chi connectivity index (χ1v) is 8.75. The molecule has 0 saturated heterocycles. The van der Waals surface area contributed by atoms with E-state index in [4.69, 9.17) is 21.1 Å². The summed E-state index contributed by atoms with van der Waals surface area (Å²) in [4.78, 5) is 4.21. The van der Waals surface area contributed by atoms with Crippen LogP contribution in [0.5, 0.6) is 0 Å². The monoisotopic (exact) mass is 501 g/mol. The topological polar surface area (TPSA) is 54.9 Å². The third kappa shape index (κ3) is 9.34. The summed E-state index contributed by atoms with van der Waals surface area (Å²) in [7, 11) is 3.38. The van der Waals surface area contributed by atoms with Crippen molar-refractivity contribution in [2.75, 3.05) is 47.1 Å². The molecule has 0 aliphatic rings. The number of methoxy groups -OCH3 is 1. The van der Waals surface area contributed by atoms with Gasteiger partial charge >= 0.3 is 0 Å². The minimum atomic E-state index is -0.331. The van der Waals surface area contributed by atoms with Crippen LogP contribution in [0.3, 0.4) is 0 Å². The second kappa shape index (κ2) is 13.5. The van der Waals surface area contributed by atoms with E-state index in [1.165, 1.54) is 12.1 Å². The number of benzene rings is 1. The van der Waals surface area contributed by atoms with Gasteiger partial charge in [-0.3, -0.25) is 4.99 Å². The largest absolute Gasteiger partial charge is 0.382 e. The van der Waals surface area contributed by atoms with Crippen LogP contribution >= 0.6 is 35.6 Å². The average Bonchev–Trinajstić information content (AvgIpc) is 2.56. The Labute approximate surface area is 178 Å². The summed E-state index contributed by atoms with van der Waals surface area (Å²) in [5, 5.41) is 6.96. The van der Waals surface area contributed by atoms with Crippen LogP contribution in [0.25, 0.3) is 0 Å². The molecule has 0 fully saturated rings. The number of aliphatic imine (C=N–C) groups is 1. The maximum absolute atomic E-state index is 13.2. The molecule has 0 heterocycles. The van der Waals surface area contributed by atoms with Crippen LogP contribution in [-0.4, -0.2) is 53.0 Å². The quantitative estimate of drug-likeness (QED) is 0.223. The zero-order valence-corrected chi connectivity index (χ0v) is 19.0. The van der Waals surface area contributed by atoms with E-state index in [0.29, 0.717) is 37.3 Å². The molecule has 1 rings (SSSR count). The molecule has 0 atom stereocenters. The number of guanidine groups is 1. The van der Waals surface area contributed by atoms with Crippen molar-refractivity contribution in [1.82, 2.24) is 10.6 Å². The van der Waals surface area contributed by atoms with Gasteiger partial charge in [0.15, 0.2) is 5.96 Å². The lowest BCUT2D eigenvalue weighted by Gasteiger charge is -2.27. The minimum Gasteiger partial charge on any atom is -0.382 e. The number of hydrogen-bond acceptors (Lipinski definition) is 3. The lowest BCUT2D eigenvalue weighted by Crippen LogP contribution is -2.44. The highest BCUT2D eigenvalue weighted by Crippen LogP contribution is 2.29. The molecular formula is C18H30ClFIN3O2. The Balaban J connectivity index is 0.00000625. The van der Waals surface area contributed by atoms with Crippen molar-refractivity contribution in [1.29, 1.82) is 0 Å². The number of ether oxygens (including phenoxy) is 2. The third-order valence-corrected chi connectivity index (χ3v) is 4.08. The summed E-state index contributed by atoms with van der Waals surface area (Å²) in [6.45, 7) is 7.36. The Hall–Kier alpha value is -0.640. The Morgan fingerprint density at radius 1 is 1.23 bits per heavy atom. The van der Waals surface area contributed by atoms with E-state index >= 15 is 0 Å². The number of nitrogens with one attached hydrogen (secondary N) is 2. The first-order chi connectivity index (χ1) is 11.9. The SMILES string of the molecule is CN=C(NCCCOCCOC)NCC(C)(C)c1ccc(F)cc1Cl.I. The normalized spacial score (nSPS) is 11.8. The average molecular weight is 502 g/mol. The van der Waals surface area contributed by atoms with Crippen LogP contribution in [0.2, 0.25) is 5.02 Å². The van der Waals surface area contributed by atoms with Crippen molar-refractivity contribution in [3.05, 3.63) is 34.6 Å². The fourth-order valence-corrected chi connectivity index (χ4v) is 2.71. The highest BCUT2D eigenvalue weighted by molar-refractivity contribution is 14.0. The fourth-order valence-electron chi connectivity index (χ4n) is 2.28. The minimum absolute atomic E-state index is 0. The predicted octanol–water partition coefficient (Wildman–Crippen LogP) is 3.59. The van der Waals surface area contributed by atoms with Gasteiger partial charge in [0.2, 0.25) is 0 Å². The van der Waals surface area contributed by atoms with E-state index in [1.54, 1.807) is 20.2 Å². The number of nitrogens with zero attached hydrogens (tertiary/aromatic N) is 1. The summed E-state index contributed by atoms with van der Waals surface area (Å²) >= 11 is 6.18. The smallest absolute Gasteiger partial charge is 0.191 e. The molecule has 0 amide bonds. The Morgan fingerprint density at radius 3 is 2.58 bits per heavy atom. The van der Waals surface area contributed by atoms with Gasteiger partial charge in [-0.25, -0.2) is 4.39 Å². The van der Waals surface area contributed by atoms with Gasteiger partial charge in [0.05, 0.1) is 13.2 Å². The zero-order chi connectivity index (χ0) is 18.7. The number of rotatable bonds is 10. The molecule has 0 bridgehead atoms. The zero-order valence-electron chi connectivity index (χ0n) is 15.9. The van der Waals surface area contributed by atoms with Gasteiger partial charge in [0.1, 0.15) is 5.82 Å². The van der Waals surface area contributed by atoms with Gasteiger partial charge < -0.3 is 20.1 Å². The highest BCUT2D eigenvalue weighted by Gasteiger charge is 2.24. The Morgan fingerprint density at radius 2 is 1.96 bits per heavy atom. The predicted molar refractivity (Wildman–Crippen MR) is 117 cm³/mol. The van der Waals surface area contributed by atoms with Gasteiger partial charge in [-0.05, 0) is 24.1 Å². The summed E-state index contributed by atoms with van der Waals surface area (Å²) in [5.41, 5.74) is 0.621. The van der Waals surface area contributed by atoms with E-state index in [0.717, 1.165) is 18.5 Å². The maximum atomic E-state index is 13.2. The second-order valence-electron chi connectivity index (χ2n) is 6.32.